The van der Waals surface area contributed by atoms with E-state index in [0.29, 0.717) is 11.6 Å². The zero-order chi connectivity index (χ0) is 11.5. The van der Waals surface area contributed by atoms with Crippen LogP contribution in [-0.2, 0) is 11.8 Å². The average molecular weight is 237 g/mol. The van der Waals surface area contributed by atoms with E-state index in [-0.39, 0.29) is 5.97 Å². The van der Waals surface area contributed by atoms with E-state index >= 15 is 0 Å². The predicted molar refractivity (Wildman–Crippen MR) is 60.3 cm³/mol. The van der Waals surface area contributed by atoms with Gasteiger partial charge in [-0.2, -0.15) is 5.10 Å². The molecule has 0 aliphatic heterocycles. The van der Waals surface area contributed by atoms with Crippen LogP contribution in [0.25, 0.3) is 11.3 Å². The first-order valence-corrected chi connectivity index (χ1v) is 5.70. The molecule has 0 saturated heterocycles. The molecule has 0 aromatic carbocycles. The van der Waals surface area contributed by atoms with Crippen molar-refractivity contribution in [3.8, 4) is 11.3 Å². The lowest BCUT2D eigenvalue weighted by Crippen LogP contribution is -2.03. The summed E-state index contributed by atoms with van der Waals surface area (Å²) in [6.07, 6.45) is 3.56. The van der Waals surface area contributed by atoms with Crippen molar-refractivity contribution in [2.24, 2.45) is 7.05 Å². The molecule has 16 heavy (non-hydrogen) atoms. The Labute approximate surface area is 96.7 Å². The second-order valence-corrected chi connectivity index (χ2v) is 4.02. The molecular formula is C10H11N3O2S. The van der Waals surface area contributed by atoms with Crippen LogP contribution in [-0.4, -0.2) is 27.3 Å². The highest BCUT2D eigenvalue weighted by molar-refractivity contribution is 7.11. The lowest BCUT2D eigenvalue weighted by molar-refractivity contribution is 0.0526. The quantitative estimate of drug-likeness (QED) is 0.763. The molecule has 2 rings (SSSR count). The number of aromatic nitrogens is 3. The maximum absolute atomic E-state index is 11.4. The Bertz CT molecular complexity index is 504. The molecule has 2 heterocycles. The number of hydrogen-bond acceptors (Lipinski definition) is 5. The van der Waals surface area contributed by atoms with Crippen molar-refractivity contribution >= 4 is 17.3 Å². The predicted octanol–water partition coefficient (Wildman–Crippen LogP) is 1.72. The van der Waals surface area contributed by atoms with Crippen molar-refractivity contribution in [1.29, 1.82) is 0 Å². The standard InChI is InChI=1S/C10H11N3O2S/c1-3-15-10(14)9-12-8(6-16-9)7-4-11-13(2)5-7/h4-6H,3H2,1-2H3. The SMILES string of the molecule is CCOC(=O)c1nc(-c2cnn(C)c2)cs1. The molecule has 0 bridgehead atoms. The lowest BCUT2D eigenvalue weighted by Gasteiger charge is -1.95. The Morgan fingerprint density at radius 1 is 1.62 bits per heavy atom. The molecule has 0 saturated carbocycles. The van der Waals surface area contributed by atoms with Crippen LogP contribution in [0.1, 0.15) is 16.7 Å². The van der Waals surface area contributed by atoms with Gasteiger partial charge in [0.1, 0.15) is 0 Å². The molecule has 0 amide bonds. The summed E-state index contributed by atoms with van der Waals surface area (Å²) in [5.41, 5.74) is 1.65. The number of carbonyl (C=O) groups excluding carboxylic acids is 1. The number of nitrogens with zero attached hydrogens (tertiary/aromatic N) is 3. The van der Waals surface area contributed by atoms with Crippen molar-refractivity contribution in [2.45, 2.75) is 6.92 Å². The van der Waals surface area contributed by atoms with Gasteiger partial charge in [-0.15, -0.1) is 11.3 Å². The van der Waals surface area contributed by atoms with Gasteiger partial charge in [0, 0.05) is 24.2 Å². The number of esters is 1. The van der Waals surface area contributed by atoms with Gasteiger partial charge < -0.3 is 4.74 Å². The zero-order valence-corrected chi connectivity index (χ0v) is 9.82. The van der Waals surface area contributed by atoms with Crippen LogP contribution in [0.5, 0.6) is 0 Å². The second kappa shape index (κ2) is 4.44. The molecule has 0 fully saturated rings. The summed E-state index contributed by atoms with van der Waals surface area (Å²) in [4.78, 5) is 15.6. The summed E-state index contributed by atoms with van der Waals surface area (Å²) < 4.78 is 6.56. The van der Waals surface area contributed by atoms with Gasteiger partial charge >= 0.3 is 5.97 Å². The molecule has 2 aromatic rings. The highest BCUT2D eigenvalue weighted by Crippen LogP contribution is 2.21. The van der Waals surface area contributed by atoms with Crippen LogP contribution in [0.4, 0.5) is 0 Å². The third-order valence-corrected chi connectivity index (χ3v) is 2.78. The van der Waals surface area contributed by atoms with Crippen molar-refractivity contribution in [3.05, 3.63) is 22.8 Å². The van der Waals surface area contributed by atoms with E-state index in [1.165, 1.54) is 11.3 Å². The molecule has 0 aliphatic rings. The summed E-state index contributed by atoms with van der Waals surface area (Å²) in [6, 6.07) is 0. The lowest BCUT2D eigenvalue weighted by atomic mass is 10.3. The smallest absolute Gasteiger partial charge is 0.367 e. The van der Waals surface area contributed by atoms with Crippen LogP contribution in [0, 0.1) is 0 Å². The molecule has 0 atom stereocenters. The molecule has 5 nitrogen and oxygen atoms in total. The molecule has 0 spiro atoms. The molecule has 0 aliphatic carbocycles. The largest absolute Gasteiger partial charge is 0.461 e. The maximum Gasteiger partial charge on any atom is 0.367 e. The van der Waals surface area contributed by atoms with Gasteiger partial charge in [0.05, 0.1) is 18.5 Å². The summed E-state index contributed by atoms with van der Waals surface area (Å²) in [6.45, 7) is 2.13. The number of thiazole rings is 1. The van der Waals surface area contributed by atoms with E-state index in [9.17, 15) is 4.79 Å². The first-order valence-electron chi connectivity index (χ1n) is 4.82. The van der Waals surface area contributed by atoms with Crippen LogP contribution in [0.2, 0.25) is 0 Å². The minimum atomic E-state index is -0.373. The molecule has 0 N–H and O–H groups in total. The normalized spacial score (nSPS) is 10.4. The number of hydrogen-bond donors (Lipinski definition) is 0. The van der Waals surface area contributed by atoms with Crippen molar-refractivity contribution in [2.75, 3.05) is 6.61 Å². The average Bonchev–Trinajstić information content (AvgIpc) is 2.85. The Morgan fingerprint density at radius 3 is 3.06 bits per heavy atom. The first kappa shape index (κ1) is 10.8. The van der Waals surface area contributed by atoms with Crippen molar-refractivity contribution in [3.63, 3.8) is 0 Å². The monoisotopic (exact) mass is 237 g/mol. The molecule has 0 unspecified atom stereocenters. The van der Waals surface area contributed by atoms with Gasteiger partial charge in [-0.3, -0.25) is 4.68 Å². The van der Waals surface area contributed by atoms with E-state index in [0.717, 1.165) is 11.3 Å². The van der Waals surface area contributed by atoms with Gasteiger partial charge in [0.2, 0.25) is 5.01 Å². The Hall–Kier alpha value is -1.69. The van der Waals surface area contributed by atoms with Crippen molar-refractivity contribution in [1.82, 2.24) is 14.8 Å². The Kier molecular flexibility index (Phi) is 3.00. The molecular weight excluding hydrogens is 226 g/mol. The van der Waals surface area contributed by atoms with E-state index in [4.69, 9.17) is 4.74 Å². The fourth-order valence-electron chi connectivity index (χ4n) is 1.25. The van der Waals surface area contributed by atoms with Crippen molar-refractivity contribution < 1.29 is 9.53 Å². The van der Waals surface area contributed by atoms with Gasteiger partial charge in [-0.25, -0.2) is 9.78 Å². The third-order valence-electron chi connectivity index (χ3n) is 1.95. The zero-order valence-electron chi connectivity index (χ0n) is 9.01. The molecule has 2 aromatic heterocycles. The number of rotatable bonds is 3. The first-order chi connectivity index (χ1) is 7.70. The number of aryl methyl sites for hydroxylation is 1. The summed E-state index contributed by atoms with van der Waals surface area (Å²) in [5, 5.41) is 6.25. The van der Waals surface area contributed by atoms with Gasteiger partial charge in [0.25, 0.3) is 0 Å². The fraction of sp³-hybridized carbons (Fsp3) is 0.300. The summed E-state index contributed by atoms with van der Waals surface area (Å²) >= 11 is 1.28. The fourth-order valence-corrected chi connectivity index (χ4v) is 1.96. The topological polar surface area (TPSA) is 57.0 Å². The van der Waals surface area contributed by atoms with Gasteiger partial charge in [-0.1, -0.05) is 0 Å². The minimum absolute atomic E-state index is 0.362. The van der Waals surface area contributed by atoms with Crippen LogP contribution < -0.4 is 0 Å². The third kappa shape index (κ3) is 2.11. The highest BCUT2D eigenvalue weighted by Gasteiger charge is 2.13. The van der Waals surface area contributed by atoms with Crippen LogP contribution in [0.15, 0.2) is 17.8 Å². The van der Waals surface area contributed by atoms with Crippen LogP contribution in [0.3, 0.4) is 0 Å². The van der Waals surface area contributed by atoms with Gasteiger partial charge in [0.15, 0.2) is 0 Å². The molecule has 0 radical (unpaired) electrons. The molecule has 84 valence electrons. The second-order valence-electron chi connectivity index (χ2n) is 3.16. The highest BCUT2D eigenvalue weighted by atomic mass is 32.1. The summed E-state index contributed by atoms with van der Waals surface area (Å²) in [5.74, 6) is -0.373. The minimum Gasteiger partial charge on any atom is -0.461 e. The van der Waals surface area contributed by atoms with E-state index < -0.39 is 0 Å². The molecule has 6 heteroatoms. The maximum atomic E-state index is 11.4. The van der Waals surface area contributed by atoms with Crippen LogP contribution >= 0.6 is 11.3 Å². The summed E-state index contributed by atoms with van der Waals surface area (Å²) in [7, 11) is 1.84. The van der Waals surface area contributed by atoms with Gasteiger partial charge in [-0.05, 0) is 6.92 Å². The number of ether oxygens (including phenoxy) is 1. The Balaban J connectivity index is 2.22. The van der Waals surface area contributed by atoms with E-state index in [1.807, 2.05) is 18.6 Å². The number of carbonyl (C=O) groups is 1. The van der Waals surface area contributed by atoms with E-state index in [1.54, 1.807) is 17.8 Å². The van der Waals surface area contributed by atoms with E-state index in [2.05, 4.69) is 10.1 Å². The Morgan fingerprint density at radius 2 is 2.44 bits per heavy atom.